The van der Waals surface area contributed by atoms with Crippen molar-refractivity contribution >= 4 is 11.7 Å². The molecule has 1 unspecified atom stereocenters. The predicted octanol–water partition coefficient (Wildman–Crippen LogP) is 1.37. The summed E-state index contributed by atoms with van der Waals surface area (Å²) >= 11 is 0. The first-order valence-electron chi connectivity index (χ1n) is 7.73. The van der Waals surface area contributed by atoms with Crippen LogP contribution in [0.3, 0.4) is 0 Å². The monoisotopic (exact) mass is 330 g/mol. The fourth-order valence-corrected chi connectivity index (χ4v) is 2.43. The third-order valence-corrected chi connectivity index (χ3v) is 3.65. The molecular weight excluding hydrogens is 308 g/mol. The Balaban J connectivity index is 2.13. The van der Waals surface area contributed by atoms with Gasteiger partial charge in [-0.05, 0) is 18.6 Å². The number of carbonyl (C=O) groups is 2. The van der Waals surface area contributed by atoms with E-state index < -0.39 is 11.9 Å². The molecule has 1 aromatic rings. The van der Waals surface area contributed by atoms with Crippen LogP contribution in [0.1, 0.15) is 12.5 Å². The molecule has 0 saturated carbocycles. The second-order valence-corrected chi connectivity index (χ2v) is 5.55. The van der Waals surface area contributed by atoms with E-state index in [9.17, 15) is 9.59 Å². The van der Waals surface area contributed by atoms with Crippen LogP contribution in [0.25, 0.3) is 0 Å². The van der Waals surface area contributed by atoms with Crippen molar-refractivity contribution in [3.8, 4) is 0 Å². The van der Waals surface area contributed by atoms with Gasteiger partial charge >= 0.3 is 0 Å². The van der Waals surface area contributed by atoms with Gasteiger partial charge in [-0.2, -0.15) is 0 Å². The number of hydrogen-bond donors (Lipinski definition) is 1. The van der Waals surface area contributed by atoms with Crippen LogP contribution in [0.2, 0.25) is 0 Å². The van der Waals surface area contributed by atoms with Gasteiger partial charge in [-0.15, -0.1) is 0 Å². The number of nitrogens with two attached hydrogens (primary N) is 1. The lowest BCUT2D eigenvalue weighted by molar-refractivity contribution is -0.139. The van der Waals surface area contributed by atoms with E-state index in [1.54, 1.807) is 0 Å². The first-order valence-corrected chi connectivity index (χ1v) is 7.73. The number of rotatable bonds is 6. The summed E-state index contributed by atoms with van der Waals surface area (Å²) in [5.41, 5.74) is 6.82. The second kappa shape index (κ2) is 8.42. The molecule has 0 aliphatic carbocycles. The zero-order valence-corrected chi connectivity index (χ0v) is 13.7. The van der Waals surface area contributed by atoms with Gasteiger partial charge in [-0.1, -0.05) is 36.9 Å². The van der Waals surface area contributed by atoms with E-state index >= 15 is 0 Å². The molecule has 1 aliphatic heterocycles. The number of benzene rings is 1. The molecule has 0 radical (unpaired) electrons. The number of allylic oxidation sites excluding steroid dienone is 1. The Labute approximate surface area is 141 Å². The summed E-state index contributed by atoms with van der Waals surface area (Å²) in [4.78, 5) is 26.0. The lowest BCUT2D eigenvalue weighted by Crippen LogP contribution is -2.57. The summed E-state index contributed by atoms with van der Waals surface area (Å²) in [6.07, 6.45) is 1.74. The number of ether oxygens (including phenoxy) is 2. The van der Waals surface area contributed by atoms with Crippen molar-refractivity contribution in [2.75, 3.05) is 13.2 Å². The highest BCUT2D eigenvalue weighted by Crippen LogP contribution is 2.13. The average Bonchev–Trinajstić information content (AvgIpc) is 2.58. The van der Waals surface area contributed by atoms with E-state index in [1.807, 2.05) is 37.3 Å². The van der Waals surface area contributed by atoms with Crippen LogP contribution < -0.4 is 5.73 Å². The van der Waals surface area contributed by atoms with Gasteiger partial charge in [0, 0.05) is 6.08 Å². The molecule has 1 aliphatic rings. The number of morpholine rings is 1. The number of hydrogen-bond acceptors (Lipinski definition) is 5. The average molecular weight is 330 g/mol. The summed E-state index contributed by atoms with van der Waals surface area (Å²) in [5.74, 6) is -0.880. The Morgan fingerprint density at radius 2 is 2.08 bits per heavy atom. The number of nitrogens with zero attached hydrogens (tertiary/aromatic N) is 1. The third kappa shape index (κ3) is 4.53. The largest absolute Gasteiger partial charge is 0.485 e. The zero-order chi connectivity index (χ0) is 17.5. The smallest absolute Gasteiger partial charge is 0.252 e. The summed E-state index contributed by atoms with van der Waals surface area (Å²) < 4.78 is 10.8. The summed E-state index contributed by atoms with van der Waals surface area (Å²) in [6, 6.07) is 9.20. The summed E-state index contributed by atoms with van der Waals surface area (Å²) in [5, 5.41) is 0. The first kappa shape index (κ1) is 17.9. The van der Waals surface area contributed by atoms with Crippen LogP contribution in [0.5, 0.6) is 0 Å². The SMILES string of the molecule is C=CC(=O)/C(=C/C(=O)N1C(N)COC[C@@H]1C)OCc1ccccc1. The van der Waals surface area contributed by atoms with Gasteiger partial charge in [-0.25, -0.2) is 0 Å². The van der Waals surface area contributed by atoms with Crippen molar-refractivity contribution in [1.82, 2.24) is 4.90 Å². The Hall–Kier alpha value is -2.44. The van der Waals surface area contributed by atoms with E-state index in [0.29, 0.717) is 6.61 Å². The number of ketones is 1. The van der Waals surface area contributed by atoms with Crippen molar-refractivity contribution in [2.24, 2.45) is 5.73 Å². The van der Waals surface area contributed by atoms with Gasteiger partial charge in [0.2, 0.25) is 5.78 Å². The molecule has 24 heavy (non-hydrogen) atoms. The highest BCUT2D eigenvalue weighted by molar-refractivity contribution is 6.06. The lowest BCUT2D eigenvalue weighted by atomic mass is 10.2. The van der Waals surface area contributed by atoms with Crippen LogP contribution in [-0.4, -0.2) is 42.0 Å². The Bertz CT molecular complexity index is 617. The fourth-order valence-electron chi connectivity index (χ4n) is 2.43. The Morgan fingerprint density at radius 3 is 2.71 bits per heavy atom. The predicted molar refractivity (Wildman–Crippen MR) is 89.6 cm³/mol. The lowest BCUT2D eigenvalue weighted by Gasteiger charge is -2.37. The minimum atomic E-state index is -0.549. The fraction of sp³-hybridized carbons (Fsp3) is 0.333. The highest BCUT2D eigenvalue weighted by Gasteiger charge is 2.29. The van der Waals surface area contributed by atoms with Gasteiger partial charge in [0.15, 0.2) is 5.76 Å². The number of amides is 1. The molecule has 6 heteroatoms. The molecule has 1 fully saturated rings. The highest BCUT2D eigenvalue weighted by atomic mass is 16.5. The maximum Gasteiger partial charge on any atom is 0.252 e. The first-order chi connectivity index (χ1) is 11.5. The molecule has 2 N–H and O–H groups in total. The second-order valence-electron chi connectivity index (χ2n) is 5.55. The van der Waals surface area contributed by atoms with Crippen molar-refractivity contribution in [1.29, 1.82) is 0 Å². The van der Waals surface area contributed by atoms with Crippen molar-refractivity contribution in [2.45, 2.75) is 25.7 Å². The molecule has 2 atom stereocenters. The van der Waals surface area contributed by atoms with Gasteiger partial charge < -0.3 is 20.1 Å². The zero-order valence-electron chi connectivity index (χ0n) is 13.7. The summed E-state index contributed by atoms with van der Waals surface area (Å²) in [6.45, 7) is 6.14. The van der Waals surface area contributed by atoms with Gasteiger partial charge in [0.05, 0.1) is 19.3 Å². The van der Waals surface area contributed by atoms with Crippen LogP contribution in [0.4, 0.5) is 0 Å². The van der Waals surface area contributed by atoms with Crippen LogP contribution >= 0.6 is 0 Å². The van der Waals surface area contributed by atoms with Gasteiger partial charge in [0.25, 0.3) is 5.91 Å². The molecule has 1 saturated heterocycles. The molecule has 0 spiro atoms. The standard InChI is InChI=1S/C18H22N2O4/c1-3-15(21)16(24-11-14-7-5-4-6-8-14)9-18(22)20-13(2)10-23-12-17(20)19/h3-9,13,17H,1,10-12,19H2,2H3/b16-9-/t13-,17?/m0/s1. The molecule has 0 bridgehead atoms. The maximum absolute atomic E-state index is 12.5. The van der Waals surface area contributed by atoms with E-state index in [1.165, 1.54) is 11.0 Å². The third-order valence-electron chi connectivity index (χ3n) is 3.65. The van der Waals surface area contributed by atoms with Crippen molar-refractivity contribution in [3.63, 3.8) is 0 Å². The molecule has 1 amide bonds. The van der Waals surface area contributed by atoms with E-state index in [4.69, 9.17) is 15.2 Å². The minimum Gasteiger partial charge on any atom is -0.485 e. The quantitative estimate of drug-likeness (QED) is 0.629. The van der Waals surface area contributed by atoms with Crippen molar-refractivity contribution in [3.05, 3.63) is 60.4 Å². The maximum atomic E-state index is 12.5. The normalized spacial score (nSPS) is 21.2. The molecule has 2 rings (SSSR count). The molecule has 128 valence electrons. The topological polar surface area (TPSA) is 81.9 Å². The number of carbonyl (C=O) groups excluding carboxylic acids is 2. The van der Waals surface area contributed by atoms with Gasteiger partial charge in [0.1, 0.15) is 12.8 Å². The summed E-state index contributed by atoms with van der Waals surface area (Å²) in [7, 11) is 0. The molecule has 0 aromatic heterocycles. The van der Waals surface area contributed by atoms with Crippen LogP contribution in [0.15, 0.2) is 54.8 Å². The molecular formula is C18H22N2O4. The Kier molecular flexibility index (Phi) is 6.28. The molecule has 1 heterocycles. The Morgan fingerprint density at radius 1 is 1.38 bits per heavy atom. The van der Waals surface area contributed by atoms with E-state index in [2.05, 4.69) is 6.58 Å². The molecule has 6 nitrogen and oxygen atoms in total. The van der Waals surface area contributed by atoms with E-state index in [-0.39, 0.29) is 30.9 Å². The van der Waals surface area contributed by atoms with Crippen molar-refractivity contribution < 1.29 is 19.1 Å². The van der Waals surface area contributed by atoms with Gasteiger partial charge in [-0.3, -0.25) is 9.59 Å². The van der Waals surface area contributed by atoms with Crippen LogP contribution in [0, 0.1) is 0 Å². The van der Waals surface area contributed by atoms with E-state index in [0.717, 1.165) is 11.6 Å². The minimum absolute atomic E-state index is 0.0512. The molecule has 1 aromatic carbocycles. The van der Waals surface area contributed by atoms with Crippen LogP contribution in [-0.2, 0) is 25.7 Å².